The van der Waals surface area contributed by atoms with Crippen LogP contribution in [0.4, 0.5) is 10.1 Å². The molecule has 2 aromatic carbocycles. The van der Waals surface area contributed by atoms with Crippen LogP contribution in [0.5, 0.6) is 0 Å². The molecule has 10 nitrogen and oxygen atoms in total. The number of nitrogens with zero attached hydrogens (tertiary/aromatic N) is 5. The Bertz CT molecular complexity index is 1980. The van der Waals surface area contributed by atoms with Crippen molar-refractivity contribution >= 4 is 45.0 Å². The second-order valence-electron chi connectivity index (χ2n) is 11.4. The minimum atomic E-state index is -0.666. The summed E-state index contributed by atoms with van der Waals surface area (Å²) in [5.41, 5.74) is 3.99. The number of anilines is 1. The van der Waals surface area contributed by atoms with Crippen LogP contribution in [0.3, 0.4) is 0 Å². The van der Waals surface area contributed by atoms with Crippen molar-refractivity contribution in [1.82, 2.24) is 29.5 Å². The molecule has 1 unspecified atom stereocenters. The number of carbonyl (C=O) groups is 1. The molecule has 0 spiro atoms. The summed E-state index contributed by atoms with van der Waals surface area (Å²) in [5, 5.41) is 13.3. The van der Waals surface area contributed by atoms with E-state index in [0.29, 0.717) is 28.9 Å². The topological polar surface area (TPSA) is 106 Å². The number of morpholine rings is 1. The standard InChI is InChI=1S/C33H35ClFN7O3/c1-19-15-23(20(2)38-27-7-8-28(34)39-30(27)21-5-6-22(26(35)17-21)31(43)36-3)29-24(16-19)33(44)40(4)32-25(29)18-37-42(32)10-9-41-11-13-45-14-12-41/h5-8,15-18,20,38H,9-14H2,1-4H3,(H,36,43). The van der Waals surface area contributed by atoms with Crippen molar-refractivity contribution in [2.24, 2.45) is 7.05 Å². The van der Waals surface area contributed by atoms with Crippen molar-refractivity contribution in [3.63, 3.8) is 0 Å². The van der Waals surface area contributed by atoms with Gasteiger partial charge < -0.3 is 15.4 Å². The Morgan fingerprint density at radius 3 is 2.62 bits per heavy atom. The smallest absolute Gasteiger partial charge is 0.259 e. The quantitative estimate of drug-likeness (QED) is 0.234. The molecule has 6 rings (SSSR count). The number of hydrogen-bond acceptors (Lipinski definition) is 7. The predicted octanol–water partition coefficient (Wildman–Crippen LogP) is 4.92. The Labute approximate surface area is 264 Å². The Hall–Kier alpha value is -4.32. The van der Waals surface area contributed by atoms with E-state index in [-0.39, 0.29) is 22.3 Å². The van der Waals surface area contributed by atoms with Gasteiger partial charge in [-0.15, -0.1) is 0 Å². The van der Waals surface area contributed by atoms with Gasteiger partial charge in [0.25, 0.3) is 11.5 Å². The van der Waals surface area contributed by atoms with Crippen LogP contribution < -0.4 is 16.2 Å². The van der Waals surface area contributed by atoms with Gasteiger partial charge in [0.05, 0.1) is 42.9 Å². The number of nitrogens with one attached hydrogen (secondary N) is 2. The second-order valence-corrected chi connectivity index (χ2v) is 11.8. The summed E-state index contributed by atoms with van der Waals surface area (Å²) in [6, 6.07) is 11.5. The van der Waals surface area contributed by atoms with Crippen molar-refractivity contribution in [2.45, 2.75) is 26.4 Å². The van der Waals surface area contributed by atoms with Crippen LogP contribution in [0.15, 0.2) is 53.5 Å². The molecule has 234 valence electrons. The molecule has 4 heterocycles. The maximum atomic E-state index is 14.9. The highest BCUT2D eigenvalue weighted by Crippen LogP contribution is 2.35. The normalized spacial score (nSPS) is 14.6. The summed E-state index contributed by atoms with van der Waals surface area (Å²) in [5.74, 6) is -1.18. The van der Waals surface area contributed by atoms with Gasteiger partial charge in [0, 0.05) is 61.5 Å². The molecule has 1 saturated heterocycles. The molecule has 12 heteroatoms. The fourth-order valence-electron chi connectivity index (χ4n) is 6.10. The van der Waals surface area contributed by atoms with E-state index >= 15 is 0 Å². The number of benzene rings is 2. The molecule has 5 aromatic rings. The highest BCUT2D eigenvalue weighted by Gasteiger charge is 2.22. The fourth-order valence-corrected chi connectivity index (χ4v) is 6.25. The first-order valence-corrected chi connectivity index (χ1v) is 15.3. The SMILES string of the molecule is CNC(=O)c1ccc(-c2nc(Cl)ccc2NC(C)c2cc(C)cc3c(=O)n(C)c4c(cnn4CCN4CCOCC4)c23)cc1F. The molecule has 2 N–H and O–H groups in total. The van der Waals surface area contributed by atoms with Gasteiger partial charge in [-0.3, -0.25) is 19.1 Å². The van der Waals surface area contributed by atoms with Crippen LogP contribution in [0.25, 0.3) is 33.1 Å². The Balaban J connectivity index is 1.41. The van der Waals surface area contributed by atoms with Gasteiger partial charge in [-0.2, -0.15) is 5.10 Å². The lowest BCUT2D eigenvalue weighted by Gasteiger charge is -2.26. The van der Waals surface area contributed by atoms with Crippen LogP contribution in [-0.4, -0.2) is 70.0 Å². The molecule has 45 heavy (non-hydrogen) atoms. The molecule has 0 bridgehead atoms. The van der Waals surface area contributed by atoms with E-state index in [1.165, 1.54) is 19.2 Å². The zero-order valence-corrected chi connectivity index (χ0v) is 26.4. The molecule has 1 fully saturated rings. The lowest BCUT2D eigenvalue weighted by molar-refractivity contribution is 0.0361. The molecule has 0 saturated carbocycles. The number of aromatic nitrogens is 4. The van der Waals surface area contributed by atoms with Gasteiger partial charge in [0.15, 0.2) is 0 Å². The van der Waals surface area contributed by atoms with Gasteiger partial charge in [-0.1, -0.05) is 23.7 Å². The minimum Gasteiger partial charge on any atom is -0.379 e. The minimum absolute atomic E-state index is 0.0616. The van der Waals surface area contributed by atoms with E-state index < -0.39 is 11.7 Å². The third kappa shape index (κ3) is 5.90. The average molecular weight is 632 g/mol. The van der Waals surface area contributed by atoms with Crippen LogP contribution in [-0.2, 0) is 18.3 Å². The number of amides is 1. The first-order chi connectivity index (χ1) is 21.7. The van der Waals surface area contributed by atoms with E-state index in [9.17, 15) is 14.0 Å². The summed E-state index contributed by atoms with van der Waals surface area (Å²) >= 11 is 6.29. The van der Waals surface area contributed by atoms with Gasteiger partial charge in [0.1, 0.15) is 16.6 Å². The molecule has 1 aliphatic heterocycles. The molecule has 0 aliphatic carbocycles. The molecular formula is C33H35ClFN7O3. The number of ether oxygens (including phenoxy) is 1. The maximum Gasteiger partial charge on any atom is 0.259 e. The third-order valence-corrected chi connectivity index (χ3v) is 8.60. The molecule has 1 aliphatic rings. The number of hydrogen-bond donors (Lipinski definition) is 2. The van der Waals surface area contributed by atoms with Crippen molar-refractivity contribution in [2.75, 3.05) is 45.2 Å². The first kappa shape index (κ1) is 30.7. The van der Waals surface area contributed by atoms with Crippen molar-refractivity contribution < 1.29 is 13.9 Å². The lowest BCUT2D eigenvalue weighted by atomic mass is 9.95. The number of carbonyl (C=O) groups excluding carboxylic acids is 1. The Morgan fingerprint density at radius 1 is 1.11 bits per heavy atom. The Kier molecular flexibility index (Phi) is 8.59. The molecule has 0 radical (unpaired) electrons. The van der Waals surface area contributed by atoms with Gasteiger partial charge in [0.2, 0.25) is 0 Å². The molecule has 3 aromatic heterocycles. The van der Waals surface area contributed by atoms with Crippen molar-refractivity contribution in [1.29, 1.82) is 0 Å². The summed E-state index contributed by atoms with van der Waals surface area (Å²) in [6.45, 7) is 8.62. The van der Waals surface area contributed by atoms with E-state index in [1.54, 1.807) is 29.8 Å². The third-order valence-electron chi connectivity index (χ3n) is 8.39. The number of fused-ring (bicyclic) bond motifs is 3. The molecule has 1 atom stereocenters. The number of halogens is 2. The second kappa shape index (κ2) is 12.6. The lowest BCUT2D eigenvalue weighted by Crippen LogP contribution is -2.38. The largest absolute Gasteiger partial charge is 0.379 e. The van der Waals surface area contributed by atoms with Gasteiger partial charge in [-0.05, 0) is 55.3 Å². The summed E-state index contributed by atoms with van der Waals surface area (Å²) < 4.78 is 24.0. The van der Waals surface area contributed by atoms with E-state index in [4.69, 9.17) is 21.4 Å². The predicted molar refractivity (Wildman–Crippen MR) is 175 cm³/mol. The number of pyridine rings is 2. The summed E-state index contributed by atoms with van der Waals surface area (Å²) in [4.78, 5) is 32.7. The van der Waals surface area contributed by atoms with Crippen LogP contribution in [0, 0.1) is 12.7 Å². The van der Waals surface area contributed by atoms with Crippen molar-refractivity contribution in [3.05, 3.63) is 86.7 Å². The summed E-state index contributed by atoms with van der Waals surface area (Å²) in [7, 11) is 3.24. The van der Waals surface area contributed by atoms with E-state index in [0.717, 1.165) is 60.4 Å². The highest BCUT2D eigenvalue weighted by atomic mass is 35.5. The highest BCUT2D eigenvalue weighted by molar-refractivity contribution is 6.29. The fraction of sp³-hybridized carbons (Fsp3) is 0.333. The number of rotatable bonds is 8. The number of aryl methyl sites for hydroxylation is 2. The Morgan fingerprint density at radius 2 is 1.89 bits per heavy atom. The van der Waals surface area contributed by atoms with Crippen molar-refractivity contribution in [3.8, 4) is 11.3 Å². The average Bonchev–Trinajstić information content (AvgIpc) is 3.47. The molecular weight excluding hydrogens is 597 g/mol. The van der Waals surface area contributed by atoms with Gasteiger partial charge >= 0.3 is 0 Å². The monoisotopic (exact) mass is 631 g/mol. The van der Waals surface area contributed by atoms with E-state index in [1.807, 2.05) is 30.8 Å². The van der Waals surface area contributed by atoms with E-state index in [2.05, 4.69) is 26.6 Å². The summed E-state index contributed by atoms with van der Waals surface area (Å²) in [6.07, 6.45) is 1.84. The molecule has 1 amide bonds. The maximum absolute atomic E-state index is 14.9. The van der Waals surface area contributed by atoms with Gasteiger partial charge in [-0.25, -0.2) is 14.1 Å². The van der Waals surface area contributed by atoms with Crippen LogP contribution >= 0.6 is 11.6 Å². The van der Waals surface area contributed by atoms with Crippen LogP contribution in [0.2, 0.25) is 5.15 Å². The first-order valence-electron chi connectivity index (χ1n) is 14.9. The zero-order valence-electron chi connectivity index (χ0n) is 25.7. The van der Waals surface area contributed by atoms with Crippen LogP contribution in [0.1, 0.15) is 34.5 Å². The zero-order chi connectivity index (χ0) is 31.8.